The van der Waals surface area contributed by atoms with Gasteiger partial charge in [0.05, 0.1) is 25.6 Å². The largest absolute Gasteiger partial charge is 0.493 e. The van der Waals surface area contributed by atoms with Crippen molar-refractivity contribution in [1.82, 2.24) is 10.2 Å². The average molecular weight is 387 g/mol. The first-order chi connectivity index (χ1) is 13.5. The molecule has 1 aromatic heterocycles. The molecule has 0 aliphatic carbocycles. The first kappa shape index (κ1) is 19.3. The highest BCUT2D eigenvalue weighted by atomic mass is 19.1. The van der Waals surface area contributed by atoms with Gasteiger partial charge in [0.1, 0.15) is 17.3 Å². The highest BCUT2D eigenvalue weighted by molar-refractivity contribution is 6.06. The third-order valence-electron chi connectivity index (χ3n) is 4.22. The molecule has 0 fully saturated rings. The standard InChI is InChI=1S/C20H19F2N3O3/c1-4-15-19(23-20(26)12-7-13(21)10-14(22)8-12)18(25-24-15)11-5-6-16(27-2)17(9-11)28-3/h5-10H,4H2,1-3H3,(H,23,26)(H,24,25). The van der Waals surface area contributed by atoms with Gasteiger partial charge in [-0.25, -0.2) is 8.78 Å². The highest BCUT2D eigenvalue weighted by Crippen LogP contribution is 2.35. The maximum Gasteiger partial charge on any atom is 0.255 e. The van der Waals surface area contributed by atoms with Gasteiger partial charge in [0.2, 0.25) is 0 Å². The van der Waals surface area contributed by atoms with Crippen LogP contribution in [-0.4, -0.2) is 30.3 Å². The molecule has 0 aliphatic rings. The van der Waals surface area contributed by atoms with Crippen molar-refractivity contribution >= 4 is 11.6 Å². The predicted molar refractivity (Wildman–Crippen MR) is 101 cm³/mol. The molecule has 6 nitrogen and oxygen atoms in total. The van der Waals surface area contributed by atoms with E-state index in [1.54, 1.807) is 18.2 Å². The fraction of sp³-hybridized carbons (Fsp3) is 0.200. The number of aromatic nitrogens is 2. The Bertz CT molecular complexity index is 998. The molecule has 146 valence electrons. The van der Waals surface area contributed by atoms with Gasteiger partial charge in [-0.2, -0.15) is 5.10 Å². The number of methoxy groups -OCH3 is 2. The monoisotopic (exact) mass is 387 g/mol. The van der Waals surface area contributed by atoms with Crippen LogP contribution >= 0.6 is 0 Å². The van der Waals surface area contributed by atoms with E-state index in [9.17, 15) is 13.6 Å². The van der Waals surface area contributed by atoms with E-state index in [-0.39, 0.29) is 5.56 Å². The summed E-state index contributed by atoms with van der Waals surface area (Å²) in [4.78, 5) is 12.6. The summed E-state index contributed by atoms with van der Waals surface area (Å²) in [6, 6.07) is 7.88. The SMILES string of the molecule is CCc1[nH]nc(-c2ccc(OC)c(OC)c2)c1NC(=O)c1cc(F)cc(F)c1. The summed E-state index contributed by atoms with van der Waals surface area (Å²) in [5, 5.41) is 9.88. The van der Waals surface area contributed by atoms with E-state index in [0.29, 0.717) is 46.6 Å². The second kappa shape index (κ2) is 8.08. The van der Waals surface area contributed by atoms with E-state index < -0.39 is 17.5 Å². The molecule has 0 atom stereocenters. The molecule has 0 unspecified atom stereocenters. The van der Waals surface area contributed by atoms with Crippen molar-refractivity contribution in [2.24, 2.45) is 0 Å². The highest BCUT2D eigenvalue weighted by Gasteiger charge is 2.19. The molecule has 2 aromatic carbocycles. The molecule has 0 saturated heterocycles. The molecule has 2 N–H and O–H groups in total. The number of benzene rings is 2. The number of hydrogen-bond donors (Lipinski definition) is 2. The van der Waals surface area contributed by atoms with Crippen LogP contribution in [0.3, 0.4) is 0 Å². The fourth-order valence-corrected chi connectivity index (χ4v) is 2.83. The molecule has 0 saturated carbocycles. The van der Waals surface area contributed by atoms with Crippen LogP contribution in [-0.2, 0) is 6.42 Å². The van der Waals surface area contributed by atoms with E-state index >= 15 is 0 Å². The number of hydrogen-bond acceptors (Lipinski definition) is 4. The Morgan fingerprint density at radius 2 is 1.75 bits per heavy atom. The van der Waals surface area contributed by atoms with E-state index in [4.69, 9.17) is 9.47 Å². The summed E-state index contributed by atoms with van der Waals surface area (Å²) >= 11 is 0. The van der Waals surface area contributed by atoms with Crippen LogP contribution in [0.2, 0.25) is 0 Å². The molecule has 28 heavy (non-hydrogen) atoms. The summed E-state index contributed by atoms with van der Waals surface area (Å²) < 4.78 is 37.4. The number of aryl methyl sites for hydroxylation is 1. The van der Waals surface area contributed by atoms with E-state index in [1.165, 1.54) is 14.2 Å². The molecule has 0 spiro atoms. The molecular formula is C20H19F2N3O3. The second-order valence-electron chi connectivity index (χ2n) is 5.96. The molecule has 3 rings (SSSR count). The number of rotatable bonds is 6. The maximum absolute atomic E-state index is 13.4. The first-order valence-electron chi connectivity index (χ1n) is 8.53. The Balaban J connectivity index is 2.00. The van der Waals surface area contributed by atoms with E-state index in [2.05, 4.69) is 15.5 Å². The number of H-pyrrole nitrogens is 1. The van der Waals surface area contributed by atoms with Gasteiger partial charge in [0.15, 0.2) is 11.5 Å². The lowest BCUT2D eigenvalue weighted by atomic mass is 10.1. The number of carbonyl (C=O) groups excluding carboxylic acids is 1. The van der Waals surface area contributed by atoms with Crippen LogP contribution in [0, 0.1) is 11.6 Å². The topological polar surface area (TPSA) is 76.2 Å². The van der Waals surface area contributed by atoms with Gasteiger partial charge in [-0.3, -0.25) is 9.89 Å². The van der Waals surface area contributed by atoms with Crippen molar-refractivity contribution in [2.45, 2.75) is 13.3 Å². The molecular weight excluding hydrogens is 368 g/mol. The van der Waals surface area contributed by atoms with Gasteiger partial charge in [-0.1, -0.05) is 6.92 Å². The van der Waals surface area contributed by atoms with Crippen molar-refractivity contribution in [3.63, 3.8) is 0 Å². The van der Waals surface area contributed by atoms with Crippen molar-refractivity contribution in [3.05, 3.63) is 59.3 Å². The fourth-order valence-electron chi connectivity index (χ4n) is 2.83. The van der Waals surface area contributed by atoms with Crippen LogP contribution in [0.4, 0.5) is 14.5 Å². The van der Waals surface area contributed by atoms with Gasteiger partial charge >= 0.3 is 0 Å². The summed E-state index contributed by atoms with van der Waals surface area (Å²) in [7, 11) is 3.05. The van der Waals surface area contributed by atoms with Gasteiger partial charge in [-0.05, 0) is 36.8 Å². The van der Waals surface area contributed by atoms with Gasteiger partial charge in [0, 0.05) is 17.2 Å². The smallest absolute Gasteiger partial charge is 0.255 e. The Kier molecular flexibility index (Phi) is 5.58. The first-order valence-corrected chi connectivity index (χ1v) is 8.53. The third kappa shape index (κ3) is 3.80. The Labute approximate surface area is 160 Å². The summed E-state index contributed by atoms with van der Waals surface area (Å²) in [6.45, 7) is 1.89. The van der Waals surface area contributed by atoms with Crippen LogP contribution in [0.25, 0.3) is 11.3 Å². The number of ether oxygens (including phenoxy) is 2. The number of anilines is 1. The van der Waals surface area contributed by atoms with Crippen LogP contribution in [0.1, 0.15) is 23.0 Å². The van der Waals surface area contributed by atoms with Crippen LogP contribution in [0.5, 0.6) is 11.5 Å². The number of nitrogens with zero attached hydrogens (tertiary/aromatic N) is 1. The zero-order valence-corrected chi connectivity index (χ0v) is 15.6. The number of carbonyl (C=O) groups is 1. The lowest BCUT2D eigenvalue weighted by Gasteiger charge is -2.11. The lowest BCUT2D eigenvalue weighted by molar-refractivity contribution is 0.102. The van der Waals surface area contributed by atoms with Gasteiger partial charge in [0.25, 0.3) is 5.91 Å². The van der Waals surface area contributed by atoms with Crippen molar-refractivity contribution in [2.75, 3.05) is 19.5 Å². The third-order valence-corrected chi connectivity index (χ3v) is 4.22. The molecule has 1 amide bonds. The Morgan fingerprint density at radius 3 is 2.36 bits per heavy atom. The lowest BCUT2D eigenvalue weighted by Crippen LogP contribution is -2.14. The molecule has 0 bridgehead atoms. The Morgan fingerprint density at radius 1 is 1.07 bits per heavy atom. The minimum Gasteiger partial charge on any atom is -0.493 e. The average Bonchev–Trinajstić information content (AvgIpc) is 3.09. The Hall–Kier alpha value is -3.42. The minimum atomic E-state index is -0.826. The second-order valence-corrected chi connectivity index (χ2v) is 5.96. The normalized spacial score (nSPS) is 10.6. The van der Waals surface area contributed by atoms with Crippen molar-refractivity contribution in [1.29, 1.82) is 0 Å². The summed E-state index contributed by atoms with van der Waals surface area (Å²) in [5.74, 6) is -1.23. The van der Waals surface area contributed by atoms with Crippen LogP contribution < -0.4 is 14.8 Å². The minimum absolute atomic E-state index is 0.126. The molecule has 3 aromatic rings. The zero-order chi connectivity index (χ0) is 20.3. The number of halogens is 2. The maximum atomic E-state index is 13.4. The molecule has 0 radical (unpaired) electrons. The van der Waals surface area contributed by atoms with Crippen molar-refractivity contribution in [3.8, 4) is 22.8 Å². The summed E-state index contributed by atoms with van der Waals surface area (Å²) in [6.07, 6.45) is 0.563. The molecule has 8 heteroatoms. The predicted octanol–water partition coefficient (Wildman–Crippen LogP) is 4.19. The quantitative estimate of drug-likeness (QED) is 0.665. The number of nitrogens with one attached hydrogen (secondary N) is 2. The van der Waals surface area contributed by atoms with Crippen molar-refractivity contribution < 1.29 is 23.0 Å². The number of amides is 1. The molecule has 1 heterocycles. The number of aromatic amines is 1. The van der Waals surface area contributed by atoms with E-state index in [1.807, 2.05) is 6.92 Å². The van der Waals surface area contributed by atoms with Crippen LogP contribution in [0.15, 0.2) is 36.4 Å². The van der Waals surface area contributed by atoms with E-state index in [0.717, 1.165) is 12.1 Å². The zero-order valence-electron chi connectivity index (χ0n) is 15.6. The molecule has 0 aliphatic heterocycles. The summed E-state index contributed by atoms with van der Waals surface area (Å²) in [5.41, 5.74) is 2.13. The van der Waals surface area contributed by atoms with Gasteiger partial charge < -0.3 is 14.8 Å². The van der Waals surface area contributed by atoms with Gasteiger partial charge in [-0.15, -0.1) is 0 Å².